The van der Waals surface area contributed by atoms with Crippen LogP contribution in [0.1, 0.15) is 40.0 Å². The molecule has 0 fully saturated rings. The topological polar surface area (TPSA) is 84.9 Å². The quantitative estimate of drug-likeness (QED) is 0.486. The average molecular weight is 483 g/mol. The summed E-state index contributed by atoms with van der Waals surface area (Å²) in [6.07, 6.45) is 1.17. The van der Waals surface area contributed by atoms with Crippen LogP contribution in [0.15, 0.2) is 66.7 Å². The zero-order chi connectivity index (χ0) is 24.9. The summed E-state index contributed by atoms with van der Waals surface area (Å²) in [4.78, 5) is 12.8. The van der Waals surface area contributed by atoms with E-state index in [0.717, 1.165) is 16.7 Å². The Morgan fingerprint density at radius 1 is 0.941 bits per heavy atom. The lowest BCUT2D eigenvalue weighted by molar-refractivity contribution is 0.0940. The van der Waals surface area contributed by atoms with E-state index in [9.17, 15) is 13.2 Å². The van der Waals surface area contributed by atoms with E-state index in [2.05, 4.69) is 5.32 Å². The number of rotatable bonds is 9. The molecule has 1 N–H and O–H groups in total. The summed E-state index contributed by atoms with van der Waals surface area (Å²) in [5, 5.41) is 2.96. The van der Waals surface area contributed by atoms with Crippen molar-refractivity contribution in [2.45, 2.75) is 26.4 Å². The molecule has 1 atom stereocenters. The van der Waals surface area contributed by atoms with Crippen molar-refractivity contribution < 1.29 is 22.7 Å². The van der Waals surface area contributed by atoms with E-state index in [1.54, 1.807) is 44.6 Å². The lowest BCUT2D eigenvalue weighted by Gasteiger charge is -2.23. The summed E-state index contributed by atoms with van der Waals surface area (Å²) in [5.41, 5.74) is 3.77. The van der Waals surface area contributed by atoms with Crippen LogP contribution in [0.25, 0.3) is 0 Å². The fourth-order valence-electron chi connectivity index (χ4n) is 3.52. The molecule has 0 saturated heterocycles. The van der Waals surface area contributed by atoms with Crippen LogP contribution in [0.5, 0.6) is 11.5 Å². The van der Waals surface area contributed by atoms with Gasteiger partial charge in [-0.1, -0.05) is 35.9 Å². The molecule has 0 unspecified atom stereocenters. The summed E-state index contributed by atoms with van der Waals surface area (Å²) < 4.78 is 36.8. The smallest absolute Gasteiger partial charge is 0.251 e. The first kappa shape index (κ1) is 25.1. The monoisotopic (exact) mass is 482 g/mol. The van der Waals surface area contributed by atoms with Gasteiger partial charge in [0.1, 0.15) is 0 Å². The largest absolute Gasteiger partial charge is 0.493 e. The Morgan fingerprint density at radius 2 is 1.56 bits per heavy atom. The number of hydrogen-bond acceptors (Lipinski definition) is 5. The number of carbonyl (C=O) groups excluding carboxylic acids is 1. The fraction of sp³-hybridized carbons (Fsp3) is 0.269. The molecule has 0 bridgehead atoms. The maximum absolute atomic E-state index is 12.8. The second kappa shape index (κ2) is 10.6. The summed E-state index contributed by atoms with van der Waals surface area (Å²) in [7, 11) is -0.388. The number of ether oxygens (including phenoxy) is 2. The van der Waals surface area contributed by atoms with Crippen molar-refractivity contribution in [3.05, 3.63) is 89.0 Å². The summed E-state index contributed by atoms with van der Waals surface area (Å²) in [6.45, 7) is 4.06. The maximum Gasteiger partial charge on any atom is 0.251 e. The molecular weight excluding hydrogens is 452 g/mol. The molecular formula is C26H30N2O5S. The van der Waals surface area contributed by atoms with Crippen molar-refractivity contribution in [2.75, 3.05) is 24.8 Å². The van der Waals surface area contributed by atoms with Crippen molar-refractivity contribution in [1.29, 1.82) is 0 Å². The van der Waals surface area contributed by atoms with E-state index in [0.29, 0.717) is 22.7 Å². The standard InChI is InChI=1S/C26H30N2O5S/c1-18-6-8-20(9-7-18)17-28(34(5,30)31)23-13-10-21(11-14-23)26(29)27-19(2)22-12-15-24(32-3)25(16-22)33-4/h6-16,19H,17H2,1-5H3,(H,27,29)/t19-/m0/s1. The summed E-state index contributed by atoms with van der Waals surface area (Å²) >= 11 is 0. The molecule has 0 heterocycles. The Balaban J connectivity index is 1.75. The van der Waals surface area contributed by atoms with Crippen molar-refractivity contribution >= 4 is 21.6 Å². The van der Waals surface area contributed by atoms with Gasteiger partial charge in [0.15, 0.2) is 11.5 Å². The van der Waals surface area contributed by atoms with Gasteiger partial charge < -0.3 is 14.8 Å². The predicted octanol–water partition coefficient (Wildman–Crippen LogP) is 4.47. The minimum Gasteiger partial charge on any atom is -0.493 e. The van der Waals surface area contributed by atoms with E-state index < -0.39 is 10.0 Å². The van der Waals surface area contributed by atoms with Crippen LogP contribution in [-0.4, -0.2) is 34.8 Å². The molecule has 34 heavy (non-hydrogen) atoms. The highest BCUT2D eigenvalue weighted by Gasteiger charge is 2.19. The number of nitrogens with zero attached hydrogens (tertiary/aromatic N) is 1. The molecule has 0 aliphatic carbocycles. The number of benzene rings is 3. The van der Waals surface area contributed by atoms with Gasteiger partial charge in [-0.05, 0) is 61.4 Å². The Morgan fingerprint density at radius 3 is 2.12 bits per heavy atom. The van der Waals surface area contributed by atoms with E-state index >= 15 is 0 Å². The molecule has 180 valence electrons. The molecule has 1 amide bonds. The molecule has 0 aromatic heterocycles. The van der Waals surface area contributed by atoms with E-state index in [4.69, 9.17) is 9.47 Å². The number of amides is 1. The van der Waals surface area contributed by atoms with Crippen molar-refractivity contribution in [3.63, 3.8) is 0 Å². The van der Waals surface area contributed by atoms with Crippen LogP contribution >= 0.6 is 0 Å². The van der Waals surface area contributed by atoms with Crippen LogP contribution in [0.2, 0.25) is 0 Å². The van der Waals surface area contributed by atoms with Crippen LogP contribution < -0.4 is 19.1 Å². The van der Waals surface area contributed by atoms with Crippen LogP contribution in [0.4, 0.5) is 5.69 Å². The fourth-order valence-corrected chi connectivity index (χ4v) is 4.41. The minimum atomic E-state index is -3.52. The Hall–Kier alpha value is -3.52. The second-order valence-corrected chi connectivity index (χ2v) is 10.0. The lowest BCUT2D eigenvalue weighted by atomic mass is 10.1. The third kappa shape index (κ3) is 6.08. The van der Waals surface area contributed by atoms with Gasteiger partial charge in [-0.3, -0.25) is 9.10 Å². The van der Waals surface area contributed by atoms with Crippen LogP contribution in [0, 0.1) is 6.92 Å². The molecule has 0 radical (unpaired) electrons. The van der Waals surface area contributed by atoms with E-state index in [-0.39, 0.29) is 18.5 Å². The number of aryl methyl sites for hydroxylation is 1. The van der Waals surface area contributed by atoms with Crippen LogP contribution in [-0.2, 0) is 16.6 Å². The highest BCUT2D eigenvalue weighted by Crippen LogP contribution is 2.30. The van der Waals surface area contributed by atoms with Crippen LogP contribution in [0.3, 0.4) is 0 Å². The van der Waals surface area contributed by atoms with Gasteiger partial charge in [0, 0.05) is 5.56 Å². The lowest BCUT2D eigenvalue weighted by Crippen LogP contribution is -2.29. The van der Waals surface area contributed by atoms with Crippen molar-refractivity contribution in [2.24, 2.45) is 0 Å². The van der Waals surface area contributed by atoms with Gasteiger partial charge >= 0.3 is 0 Å². The molecule has 3 aromatic rings. The third-order valence-electron chi connectivity index (χ3n) is 5.52. The van der Waals surface area contributed by atoms with Gasteiger partial charge in [0.2, 0.25) is 10.0 Å². The molecule has 3 rings (SSSR count). The average Bonchev–Trinajstić information content (AvgIpc) is 2.82. The summed E-state index contributed by atoms with van der Waals surface area (Å²) in [5.74, 6) is 0.930. The van der Waals surface area contributed by atoms with Gasteiger partial charge in [0.05, 0.1) is 38.7 Å². The number of methoxy groups -OCH3 is 2. The van der Waals surface area contributed by atoms with Gasteiger partial charge in [-0.25, -0.2) is 8.42 Å². The first-order valence-electron chi connectivity index (χ1n) is 10.8. The van der Waals surface area contributed by atoms with Gasteiger partial charge in [-0.2, -0.15) is 0 Å². The Kier molecular flexibility index (Phi) is 7.83. The second-order valence-electron chi connectivity index (χ2n) is 8.11. The Labute approximate surface area is 201 Å². The maximum atomic E-state index is 12.8. The van der Waals surface area contributed by atoms with Gasteiger partial charge in [-0.15, -0.1) is 0 Å². The number of hydrogen-bond donors (Lipinski definition) is 1. The molecule has 0 spiro atoms. The summed E-state index contributed by atoms with van der Waals surface area (Å²) in [6, 6.07) is 19.4. The zero-order valence-electron chi connectivity index (χ0n) is 20.0. The highest BCUT2D eigenvalue weighted by molar-refractivity contribution is 7.92. The highest BCUT2D eigenvalue weighted by atomic mass is 32.2. The number of sulfonamides is 1. The number of carbonyl (C=O) groups is 1. The minimum absolute atomic E-state index is 0.209. The number of anilines is 1. The van der Waals surface area contributed by atoms with E-state index in [1.165, 1.54) is 10.6 Å². The SMILES string of the molecule is COc1ccc([C@H](C)NC(=O)c2ccc(N(Cc3ccc(C)cc3)S(C)(=O)=O)cc2)cc1OC. The number of nitrogens with one attached hydrogen (secondary N) is 1. The van der Waals surface area contributed by atoms with Crippen molar-refractivity contribution in [3.8, 4) is 11.5 Å². The normalized spacial score (nSPS) is 12.0. The molecule has 0 aliphatic rings. The molecule has 3 aromatic carbocycles. The molecule has 8 heteroatoms. The van der Waals surface area contributed by atoms with Crippen molar-refractivity contribution in [1.82, 2.24) is 5.32 Å². The van der Waals surface area contributed by atoms with Gasteiger partial charge in [0.25, 0.3) is 5.91 Å². The van der Waals surface area contributed by atoms with E-state index in [1.807, 2.05) is 50.2 Å². The zero-order valence-corrected chi connectivity index (χ0v) is 20.8. The Bertz CT molecular complexity index is 1240. The first-order chi connectivity index (χ1) is 16.1. The molecule has 7 nitrogen and oxygen atoms in total. The molecule has 0 saturated carbocycles. The first-order valence-corrected chi connectivity index (χ1v) is 12.6. The third-order valence-corrected chi connectivity index (χ3v) is 6.66. The molecule has 0 aliphatic heterocycles. The predicted molar refractivity (Wildman–Crippen MR) is 134 cm³/mol.